The minimum Gasteiger partial charge on any atom is -0.410 e. The smallest absolute Gasteiger partial charge is 0.198 e. The molecule has 0 unspecified atom stereocenters. The molecular weight excluding hydrogens is 312 g/mol. The summed E-state index contributed by atoms with van der Waals surface area (Å²) in [6.07, 6.45) is 0. The van der Waals surface area contributed by atoms with Gasteiger partial charge >= 0.3 is 0 Å². The van der Waals surface area contributed by atoms with Crippen molar-refractivity contribution in [2.75, 3.05) is 0 Å². The fourth-order valence-corrected chi connectivity index (χ4v) is 3.79. The van der Waals surface area contributed by atoms with Gasteiger partial charge in [-0.25, -0.2) is 0 Å². The van der Waals surface area contributed by atoms with Crippen LogP contribution in [0.3, 0.4) is 0 Å². The first-order valence-electron chi connectivity index (χ1n) is 8.61. The molecule has 1 heterocycles. The number of hydrogen-bond acceptors (Lipinski definition) is 3. The topological polar surface area (TPSA) is 54.6 Å². The number of benzene rings is 2. The summed E-state index contributed by atoms with van der Waals surface area (Å²) in [4.78, 5) is 13.2. The zero-order valence-corrected chi connectivity index (χ0v) is 14.6. The van der Waals surface area contributed by atoms with Crippen molar-refractivity contribution in [2.45, 2.75) is 33.2 Å². The lowest BCUT2D eigenvalue weighted by atomic mass is 9.98. The van der Waals surface area contributed by atoms with Crippen LogP contribution in [0.1, 0.15) is 48.2 Å². The number of carbonyl (C=O) groups excluding carboxylic acids is 1. The SMILES string of the molecule is CCn1c2c(c(=NO)c3ccccc31)C(=O)c1cc(C(C)C)ccc1-2. The van der Waals surface area contributed by atoms with Crippen molar-refractivity contribution in [3.05, 3.63) is 64.5 Å². The summed E-state index contributed by atoms with van der Waals surface area (Å²) < 4.78 is 2.14. The van der Waals surface area contributed by atoms with Crippen molar-refractivity contribution in [2.24, 2.45) is 5.16 Å². The summed E-state index contributed by atoms with van der Waals surface area (Å²) in [6, 6.07) is 13.8. The van der Waals surface area contributed by atoms with Gasteiger partial charge in [-0.2, -0.15) is 0 Å². The van der Waals surface area contributed by atoms with E-state index in [-0.39, 0.29) is 5.78 Å². The number of aromatic nitrogens is 1. The number of ketones is 1. The third kappa shape index (κ3) is 2.07. The van der Waals surface area contributed by atoms with Gasteiger partial charge in [-0.15, -0.1) is 0 Å². The van der Waals surface area contributed by atoms with Crippen molar-refractivity contribution < 1.29 is 10.0 Å². The van der Waals surface area contributed by atoms with Gasteiger partial charge in [0.25, 0.3) is 0 Å². The summed E-state index contributed by atoms with van der Waals surface area (Å²) in [5, 5.41) is 14.3. The van der Waals surface area contributed by atoms with Gasteiger partial charge in [0.05, 0.1) is 16.8 Å². The quantitative estimate of drug-likeness (QED) is 0.440. The third-order valence-corrected chi connectivity index (χ3v) is 5.05. The van der Waals surface area contributed by atoms with Crippen LogP contribution < -0.4 is 5.36 Å². The van der Waals surface area contributed by atoms with E-state index in [9.17, 15) is 10.0 Å². The second kappa shape index (κ2) is 5.59. The summed E-state index contributed by atoms with van der Waals surface area (Å²) in [6.45, 7) is 7.02. The van der Waals surface area contributed by atoms with E-state index in [2.05, 4.69) is 36.6 Å². The number of pyridine rings is 1. The van der Waals surface area contributed by atoms with Gasteiger partial charge in [0, 0.05) is 23.1 Å². The maximum atomic E-state index is 13.2. The molecule has 25 heavy (non-hydrogen) atoms. The molecule has 0 fully saturated rings. The van der Waals surface area contributed by atoms with E-state index < -0.39 is 0 Å². The van der Waals surface area contributed by atoms with Gasteiger partial charge in [-0.05, 0) is 30.5 Å². The maximum Gasteiger partial charge on any atom is 0.198 e. The fraction of sp³-hybridized carbons (Fsp3) is 0.238. The average Bonchev–Trinajstić information content (AvgIpc) is 2.92. The molecule has 0 saturated heterocycles. The minimum absolute atomic E-state index is 0.0618. The first-order valence-corrected chi connectivity index (χ1v) is 8.61. The predicted octanol–water partition coefficient (Wildman–Crippen LogP) is 4.29. The summed E-state index contributed by atoms with van der Waals surface area (Å²) in [5.41, 5.74) is 5.06. The van der Waals surface area contributed by atoms with Gasteiger partial charge in [-0.1, -0.05) is 49.3 Å². The number of nitrogens with zero attached hydrogens (tertiary/aromatic N) is 2. The second-order valence-electron chi connectivity index (χ2n) is 6.72. The highest BCUT2D eigenvalue weighted by molar-refractivity contribution is 6.22. The summed E-state index contributed by atoms with van der Waals surface area (Å²) >= 11 is 0. The molecule has 0 amide bonds. The Bertz CT molecular complexity index is 1090. The summed E-state index contributed by atoms with van der Waals surface area (Å²) in [7, 11) is 0. The highest BCUT2D eigenvalue weighted by atomic mass is 16.4. The Labute approximate surface area is 146 Å². The molecule has 1 aliphatic carbocycles. The van der Waals surface area contributed by atoms with Crippen LogP contribution in [0.2, 0.25) is 0 Å². The van der Waals surface area contributed by atoms with Crippen LogP contribution in [-0.4, -0.2) is 15.6 Å². The zero-order valence-electron chi connectivity index (χ0n) is 14.6. The Hall–Kier alpha value is -2.88. The van der Waals surface area contributed by atoms with E-state index in [0.717, 1.165) is 34.3 Å². The van der Waals surface area contributed by atoms with Crippen LogP contribution >= 0.6 is 0 Å². The lowest BCUT2D eigenvalue weighted by molar-refractivity contribution is 0.104. The molecule has 0 saturated carbocycles. The lowest BCUT2D eigenvalue weighted by Crippen LogP contribution is -2.19. The molecule has 4 nitrogen and oxygen atoms in total. The molecule has 1 aliphatic rings. The molecule has 4 heteroatoms. The minimum atomic E-state index is -0.0618. The summed E-state index contributed by atoms with van der Waals surface area (Å²) in [5.74, 6) is 0.287. The maximum absolute atomic E-state index is 13.2. The largest absolute Gasteiger partial charge is 0.410 e. The molecule has 1 aromatic heterocycles. The second-order valence-corrected chi connectivity index (χ2v) is 6.72. The monoisotopic (exact) mass is 332 g/mol. The molecular formula is C21H20N2O2. The van der Waals surface area contributed by atoms with Crippen molar-refractivity contribution >= 4 is 16.7 Å². The molecule has 0 spiro atoms. The lowest BCUT2D eigenvalue weighted by Gasteiger charge is -2.16. The van der Waals surface area contributed by atoms with Crippen LogP contribution in [0.5, 0.6) is 0 Å². The van der Waals surface area contributed by atoms with Crippen molar-refractivity contribution in [3.63, 3.8) is 0 Å². The van der Waals surface area contributed by atoms with Crippen LogP contribution in [-0.2, 0) is 6.54 Å². The van der Waals surface area contributed by atoms with Crippen LogP contribution in [0.4, 0.5) is 0 Å². The van der Waals surface area contributed by atoms with Gasteiger partial charge in [0.1, 0.15) is 5.36 Å². The van der Waals surface area contributed by atoms with Gasteiger partial charge in [0.2, 0.25) is 0 Å². The Balaban J connectivity index is 2.18. The van der Waals surface area contributed by atoms with E-state index in [0.29, 0.717) is 22.4 Å². The van der Waals surface area contributed by atoms with Crippen LogP contribution in [0, 0.1) is 0 Å². The number of carbonyl (C=O) groups is 1. The number of para-hydroxylation sites is 1. The van der Waals surface area contributed by atoms with E-state index in [1.807, 2.05) is 36.4 Å². The van der Waals surface area contributed by atoms with Gasteiger partial charge in [-0.3, -0.25) is 4.79 Å². The molecule has 1 N–H and O–H groups in total. The number of aryl methyl sites for hydroxylation is 1. The molecule has 4 rings (SSSR count). The Morgan fingerprint density at radius 3 is 2.56 bits per heavy atom. The van der Waals surface area contributed by atoms with Crippen molar-refractivity contribution in [1.82, 2.24) is 4.57 Å². The van der Waals surface area contributed by atoms with Crippen LogP contribution in [0.25, 0.3) is 22.2 Å². The molecule has 0 radical (unpaired) electrons. The first kappa shape index (κ1) is 15.6. The molecule has 0 atom stereocenters. The first-order chi connectivity index (χ1) is 12.1. The zero-order chi connectivity index (χ0) is 17.7. The molecule has 126 valence electrons. The number of rotatable bonds is 2. The normalized spacial score (nSPS) is 13.6. The Morgan fingerprint density at radius 1 is 1.12 bits per heavy atom. The Morgan fingerprint density at radius 2 is 1.88 bits per heavy atom. The van der Waals surface area contributed by atoms with E-state index in [1.165, 1.54) is 0 Å². The molecule has 0 bridgehead atoms. The highest BCUT2D eigenvalue weighted by Crippen LogP contribution is 2.38. The van der Waals surface area contributed by atoms with Crippen molar-refractivity contribution in [3.8, 4) is 11.3 Å². The van der Waals surface area contributed by atoms with Crippen LogP contribution in [0.15, 0.2) is 47.6 Å². The molecule has 2 aromatic carbocycles. The van der Waals surface area contributed by atoms with E-state index in [4.69, 9.17) is 0 Å². The standard InChI is InChI=1S/C21H20N2O2/c1-4-23-17-8-6-5-7-15(17)19(22-25)18-20(23)14-10-9-13(12(2)3)11-16(14)21(18)24/h5-12,25H,4H2,1-3H3. The average molecular weight is 332 g/mol. The number of hydrogen-bond donors (Lipinski definition) is 1. The third-order valence-electron chi connectivity index (χ3n) is 5.05. The Kier molecular flexibility index (Phi) is 3.49. The predicted molar refractivity (Wildman–Crippen MR) is 97.9 cm³/mol. The number of fused-ring (bicyclic) bond motifs is 4. The van der Waals surface area contributed by atoms with E-state index in [1.54, 1.807) is 0 Å². The molecule has 3 aromatic rings. The molecule has 0 aliphatic heterocycles. The van der Waals surface area contributed by atoms with E-state index >= 15 is 0 Å². The highest BCUT2D eigenvalue weighted by Gasteiger charge is 2.32. The van der Waals surface area contributed by atoms with Crippen molar-refractivity contribution in [1.29, 1.82) is 0 Å². The fourth-order valence-electron chi connectivity index (χ4n) is 3.79. The van der Waals surface area contributed by atoms with Gasteiger partial charge in [0.15, 0.2) is 5.78 Å². The van der Waals surface area contributed by atoms with Gasteiger partial charge < -0.3 is 9.77 Å².